The van der Waals surface area contributed by atoms with Crippen molar-refractivity contribution in [2.24, 2.45) is 11.3 Å². The van der Waals surface area contributed by atoms with Gasteiger partial charge in [-0.05, 0) is 56.7 Å². The molecule has 2 heteroatoms. The third-order valence-electron chi connectivity index (χ3n) is 4.55. The van der Waals surface area contributed by atoms with Crippen LogP contribution in [-0.2, 0) is 0 Å². The summed E-state index contributed by atoms with van der Waals surface area (Å²) in [6.07, 6.45) is 6.97. The molecule has 0 radical (unpaired) electrons. The van der Waals surface area contributed by atoms with Gasteiger partial charge in [-0.1, -0.05) is 20.3 Å². The molecule has 1 atom stereocenters. The fraction of sp³-hybridized carbons (Fsp3) is 1.00. The quantitative estimate of drug-likeness (QED) is 0.789. The SMILES string of the molecule is CCCC1(CN2CCC(C)CC2)CCNC1. The van der Waals surface area contributed by atoms with Gasteiger partial charge in [0.1, 0.15) is 0 Å². The van der Waals surface area contributed by atoms with Crippen molar-refractivity contribution in [3.8, 4) is 0 Å². The van der Waals surface area contributed by atoms with Crippen LogP contribution >= 0.6 is 0 Å². The molecule has 2 fully saturated rings. The summed E-state index contributed by atoms with van der Waals surface area (Å²) in [4.78, 5) is 2.72. The molecule has 16 heavy (non-hydrogen) atoms. The van der Waals surface area contributed by atoms with Gasteiger partial charge in [-0.3, -0.25) is 0 Å². The standard InChI is InChI=1S/C14H28N2/c1-3-6-14(7-8-15-11-14)12-16-9-4-13(2)5-10-16/h13,15H,3-12H2,1-2H3. The topological polar surface area (TPSA) is 15.3 Å². The zero-order valence-corrected chi connectivity index (χ0v) is 11.1. The Balaban J connectivity index is 1.85. The summed E-state index contributed by atoms with van der Waals surface area (Å²) in [5, 5.41) is 3.57. The maximum Gasteiger partial charge on any atom is 0.00506 e. The Morgan fingerprint density at radius 2 is 2.06 bits per heavy atom. The summed E-state index contributed by atoms with van der Waals surface area (Å²) < 4.78 is 0. The number of hydrogen-bond donors (Lipinski definition) is 1. The molecule has 2 aliphatic rings. The minimum atomic E-state index is 0.606. The van der Waals surface area contributed by atoms with E-state index in [2.05, 4.69) is 24.1 Å². The normalized spacial score (nSPS) is 33.4. The second-order valence-corrected chi connectivity index (χ2v) is 6.14. The number of hydrogen-bond acceptors (Lipinski definition) is 2. The Labute approximate surface area is 101 Å². The van der Waals surface area contributed by atoms with Gasteiger partial charge in [-0.15, -0.1) is 0 Å². The Kier molecular flexibility index (Phi) is 4.26. The molecule has 2 heterocycles. The fourth-order valence-electron chi connectivity index (χ4n) is 3.45. The predicted octanol–water partition coefficient (Wildman–Crippen LogP) is 2.50. The highest BCUT2D eigenvalue weighted by atomic mass is 15.1. The smallest absolute Gasteiger partial charge is 0.00506 e. The minimum absolute atomic E-state index is 0.606. The van der Waals surface area contributed by atoms with Crippen molar-refractivity contribution in [1.82, 2.24) is 10.2 Å². The Morgan fingerprint density at radius 3 is 2.62 bits per heavy atom. The number of piperidine rings is 1. The van der Waals surface area contributed by atoms with Crippen LogP contribution in [0.2, 0.25) is 0 Å². The predicted molar refractivity (Wildman–Crippen MR) is 69.7 cm³/mol. The summed E-state index contributed by atoms with van der Waals surface area (Å²) >= 11 is 0. The maximum atomic E-state index is 3.57. The first kappa shape index (κ1) is 12.4. The molecule has 94 valence electrons. The van der Waals surface area contributed by atoms with E-state index in [4.69, 9.17) is 0 Å². The van der Waals surface area contributed by atoms with E-state index in [0.29, 0.717) is 5.41 Å². The zero-order valence-electron chi connectivity index (χ0n) is 11.1. The van der Waals surface area contributed by atoms with E-state index in [0.717, 1.165) is 5.92 Å². The third kappa shape index (κ3) is 2.98. The van der Waals surface area contributed by atoms with Gasteiger partial charge >= 0.3 is 0 Å². The molecule has 0 bridgehead atoms. The van der Waals surface area contributed by atoms with Crippen molar-refractivity contribution in [3.05, 3.63) is 0 Å². The molecule has 0 aromatic carbocycles. The van der Waals surface area contributed by atoms with Crippen LogP contribution in [0.25, 0.3) is 0 Å². The molecule has 0 aromatic heterocycles. The van der Waals surface area contributed by atoms with Gasteiger partial charge in [0.15, 0.2) is 0 Å². The van der Waals surface area contributed by atoms with Crippen LogP contribution < -0.4 is 5.32 Å². The monoisotopic (exact) mass is 224 g/mol. The summed E-state index contributed by atoms with van der Waals surface area (Å²) in [6.45, 7) is 11.3. The molecule has 0 saturated carbocycles. The van der Waals surface area contributed by atoms with Crippen LogP contribution in [0.3, 0.4) is 0 Å². The van der Waals surface area contributed by atoms with E-state index < -0.39 is 0 Å². The lowest BCUT2D eigenvalue weighted by Crippen LogP contribution is -2.42. The van der Waals surface area contributed by atoms with Gasteiger partial charge in [-0.2, -0.15) is 0 Å². The number of rotatable bonds is 4. The Morgan fingerprint density at radius 1 is 1.31 bits per heavy atom. The summed E-state index contributed by atoms with van der Waals surface area (Å²) in [5.74, 6) is 0.958. The molecule has 0 aromatic rings. The highest BCUT2D eigenvalue weighted by Gasteiger charge is 2.35. The Bertz CT molecular complexity index is 201. The molecular formula is C14H28N2. The van der Waals surface area contributed by atoms with Gasteiger partial charge in [0.05, 0.1) is 0 Å². The van der Waals surface area contributed by atoms with Gasteiger partial charge in [0.2, 0.25) is 0 Å². The molecule has 1 unspecified atom stereocenters. The van der Waals surface area contributed by atoms with Crippen LogP contribution in [0.15, 0.2) is 0 Å². The lowest BCUT2D eigenvalue weighted by atomic mass is 9.81. The van der Waals surface area contributed by atoms with Gasteiger partial charge in [0, 0.05) is 13.1 Å². The van der Waals surface area contributed by atoms with E-state index >= 15 is 0 Å². The van der Waals surface area contributed by atoms with E-state index in [1.165, 1.54) is 64.8 Å². The van der Waals surface area contributed by atoms with Crippen LogP contribution in [0.5, 0.6) is 0 Å². The van der Waals surface area contributed by atoms with E-state index in [1.807, 2.05) is 0 Å². The van der Waals surface area contributed by atoms with Crippen molar-refractivity contribution in [2.75, 3.05) is 32.7 Å². The van der Waals surface area contributed by atoms with Gasteiger partial charge in [-0.25, -0.2) is 0 Å². The first-order valence-corrected chi connectivity index (χ1v) is 7.17. The van der Waals surface area contributed by atoms with E-state index in [1.54, 1.807) is 0 Å². The zero-order chi connectivity index (χ0) is 11.4. The molecule has 0 spiro atoms. The first-order valence-electron chi connectivity index (χ1n) is 7.17. The minimum Gasteiger partial charge on any atom is -0.316 e. The summed E-state index contributed by atoms with van der Waals surface area (Å²) in [7, 11) is 0. The molecule has 2 nitrogen and oxygen atoms in total. The summed E-state index contributed by atoms with van der Waals surface area (Å²) in [6, 6.07) is 0. The lowest BCUT2D eigenvalue weighted by Gasteiger charge is -2.38. The molecule has 2 saturated heterocycles. The lowest BCUT2D eigenvalue weighted by molar-refractivity contribution is 0.116. The second kappa shape index (κ2) is 5.50. The molecule has 1 N–H and O–H groups in total. The highest BCUT2D eigenvalue weighted by molar-refractivity contribution is 4.90. The third-order valence-corrected chi connectivity index (χ3v) is 4.55. The fourth-order valence-corrected chi connectivity index (χ4v) is 3.45. The second-order valence-electron chi connectivity index (χ2n) is 6.14. The Hall–Kier alpha value is -0.0800. The van der Waals surface area contributed by atoms with Crippen LogP contribution in [0, 0.1) is 11.3 Å². The van der Waals surface area contributed by atoms with Crippen LogP contribution in [0.4, 0.5) is 0 Å². The van der Waals surface area contributed by atoms with Crippen LogP contribution in [-0.4, -0.2) is 37.6 Å². The van der Waals surface area contributed by atoms with Crippen molar-refractivity contribution in [3.63, 3.8) is 0 Å². The van der Waals surface area contributed by atoms with Crippen molar-refractivity contribution < 1.29 is 0 Å². The van der Waals surface area contributed by atoms with Crippen molar-refractivity contribution in [1.29, 1.82) is 0 Å². The maximum absolute atomic E-state index is 3.57. The average molecular weight is 224 g/mol. The largest absolute Gasteiger partial charge is 0.316 e. The van der Waals surface area contributed by atoms with Crippen molar-refractivity contribution >= 4 is 0 Å². The first-order chi connectivity index (χ1) is 7.74. The number of likely N-dealkylation sites (tertiary alicyclic amines) is 1. The van der Waals surface area contributed by atoms with Crippen molar-refractivity contribution in [2.45, 2.75) is 46.0 Å². The molecule has 2 aliphatic heterocycles. The molecule has 0 amide bonds. The summed E-state index contributed by atoms with van der Waals surface area (Å²) in [5.41, 5.74) is 0.606. The number of nitrogens with zero attached hydrogens (tertiary/aromatic N) is 1. The average Bonchev–Trinajstić information content (AvgIpc) is 2.71. The van der Waals surface area contributed by atoms with Gasteiger partial charge in [0.25, 0.3) is 0 Å². The molecule has 2 rings (SSSR count). The highest BCUT2D eigenvalue weighted by Crippen LogP contribution is 2.33. The molecular weight excluding hydrogens is 196 g/mol. The van der Waals surface area contributed by atoms with E-state index in [9.17, 15) is 0 Å². The van der Waals surface area contributed by atoms with Crippen LogP contribution in [0.1, 0.15) is 46.0 Å². The molecule has 0 aliphatic carbocycles. The van der Waals surface area contributed by atoms with Gasteiger partial charge < -0.3 is 10.2 Å². The van der Waals surface area contributed by atoms with E-state index in [-0.39, 0.29) is 0 Å². The number of nitrogens with one attached hydrogen (secondary N) is 1.